The Hall–Kier alpha value is -1.90. The molecule has 1 rings (SSSR count). The minimum Gasteiger partial charge on any atom is -0.435 e. The summed E-state index contributed by atoms with van der Waals surface area (Å²) >= 11 is 0. The van der Waals surface area contributed by atoms with Gasteiger partial charge in [-0.3, -0.25) is 4.79 Å². The Morgan fingerprint density at radius 2 is 1.81 bits per heavy atom. The Balaban J connectivity index is 2.29. The molecular weight excluding hydrogens is 299 g/mol. The molecule has 21 heavy (non-hydrogen) atoms. The zero-order valence-corrected chi connectivity index (χ0v) is 10.7. The molecule has 0 atom stereocenters. The van der Waals surface area contributed by atoms with Crippen molar-refractivity contribution in [1.29, 1.82) is 0 Å². The largest absolute Gasteiger partial charge is 0.435 e. The van der Waals surface area contributed by atoms with Gasteiger partial charge in [0.05, 0.1) is 13.1 Å². The first kappa shape index (κ1) is 17.2. The zero-order chi connectivity index (χ0) is 15.9. The summed E-state index contributed by atoms with van der Waals surface area (Å²) in [6.45, 7) is -4.57. The molecule has 0 saturated heterocycles. The van der Waals surface area contributed by atoms with Gasteiger partial charge in [-0.1, -0.05) is 12.1 Å². The molecular formula is C12H13F5N2O2. The first-order valence-electron chi connectivity index (χ1n) is 5.84. The fourth-order valence-corrected chi connectivity index (χ4v) is 1.37. The summed E-state index contributed by atoms with van der Waals surface area (Å²) in [5.41, 5.74) is 0.598. The van der Waals surface area contributed by atoms with E-state index in [0.717, 1.165) is 0 Å². The molecule has 0 fully saturated rings. The molecule has 1 amide bonds. The number of rotatable bonds is 7. The van der Waals surface area contributed by atoms with Crippen molar-refractivity contribution in [3.8, 4) is 5.75 Å². The molecule has 0 spiro atoms. The SMILES string of the molecule is O=C(CNCC(F)(F)F)NCc1ccc(OC(F)F)cc1. The maximum absolute atomic E-state index is 11.9. The van der Waals surface area contributed by atoms with E-state index in [-0.39, 0.29) is 12.3 Å². The van der Waals surface area contributed by atoms with Crippen molar-refractivity contribution >= 4 is 5.91 Å². The highest BCUT2D eigenvalue weighted by atomic mass is 19.4. The van der Waals surface area contributed by atoms with Crippen LogP contribution in [0.5, 0.6) is 5.75 Å². The van der Waals surface area contributed by atoms with Gasteiger partial charge in [0, 0.05) is 6.54 Å². The number of carbonyl (C=O) groups excluding carboxylic acids is 1. The summed E-state index contributed by atoms with van der Waals surface area (Å²) in [6, 6.07) is 5.52. The zero-order valence-electron chi connectivity index (χ0n) is 10.7. The average Bonchev–Trinajstić information content (AvgIpc) is 2.36. The van der Waals surface area contributed by atoms with E-state index in [1.165, 1.54) is 24.3 Å². The molecule has 1 aromatic carbocycles. The minimum atomic E-state index is -4.37. The molecule has 9 heteroatoms. The molecule has 0 bridgehead atoms. The number of carbonyl (C=O) groups is 1. The van der Waals surface area contributed by atoms with Crippen molar-refractivity contribution in [2.75, 3.05) is 13.1 Å². The van der Waals surface area contributed by atoms with Gasteiger partial charge in [-0.25, -0.2) is 0 Å². The van der Waals surface area contributed by atoms with E-state index in [2.05, 4.69) is 10.1 Å². The second-order valence-corrected chi connectivity index (χ2v) is 4.02. The molecule has 0 saturated carbocycles. The van der Waals surface area contributed by atoms with E-state index < -0.39 is 31.8 Å². The summed E-state index contributed by atoms with van der Waals surface area (Å²) < 4.78 is 63.4. The fourth-order valence-electron chi connectivity index (χ4n) is 1.37. The van der Waals surface area contributed by atoms with Crippen LogP contribution in [0.15, 0.2) is 24.3 Å². The Morgan fingerprint density at radius 1 is 1.19 bits per heavy atom. The molecule has 118 valence electrons. The number of ether oxygens (including phenoxy) is 1. The van der Waals surface area contributed by atoms with Crippen molar-refractivity contribution in [1.82, 2.24) is 10.6 Å². The van der Waals surface area contributed by atoms with Crippen LogP contribution in [0, 0.1) is 0 Å². The first-order valence-corrected chi connectivity index (χ1v) is 5.84. The van der Waals surface area contributed by atoms with Crippen LogP contribution < -0.4 is 15.4 Å². The summed E-state index contributed by atoms with van der Waals surface area (Å²) in [6.07, 6.45) is -4.37. The van der Waals surface area contributed by atoms with Gasteiger partial charge in [-0.05, 0) is 17.7 Å². The normalized spacial score (nSPS) is 11.5. The molecule has 0 aromatic heterocycles. The maximum atomic E-state index is 11.9. The standard InChI is InChI=1S/C12H13F5N2O2/c13-11(14)21-9-3-1-8(2-4-9)5-19-10(20)6-18-7-12(15,16)17/h1-4,11,18H,5-7H2,(H,19,20). The van der Waals surface area contributed by atoms with E-state index in [9.17, 15) is 26.7 Å². The number of hydrogen-bond acceptors (Lipinski definition) is 3. The highest BCUT2D eigenvalue weighted by Gasteiger charge is 2.26. The molecule has 0 heterocycles. The van der Waals surface area contributed by atoms with Gasteiger partial charge in [0.2, 0.25) is 5.91 Å². The second-order valence-electron chi connectivity index (χ2n) is 4.02. The molecule has 0 aliphatic rings. The lowest BCUT2D eigenvalue weighted by molar-refractivity contribution is -0.128. The number of benzene rings is 1. The van der Waals surface area contributed by atoms with Crippen LogP contribution in [0.1, 0.15) is 5.56 Å². The molecule has 0 unspecified atom stereocenters. The number of halogens is 5. The van der Waals surface area contributed by atoms with Crippen LogP contribution in [0.3, 0.4) is 0 Å². The van der Waals surface area contributed by atoms with Crippen LogP contribution in [-0.4, -0.2) is 31.8 Å². The number of nitrogens with one attached hydrogen (secondary N) is 2. The van der Waals surface area contributed by atoms with Gasteiger partial charge in [-0.15, -0.1) is 0 Å². The number of amides is 1. The first-order chi connectivity index (χ1) is 9.76. The second kappa shape index (κ2) is 7.77. The molecule has 0 aliphatic carbocycles. The minimum absolute atomic E-state index is 0.0214. The molecule has 2 N–H and O–H groups in total. The molecule has 1 aromatic rings. The van der Waals surface area contributed by atoms with Gasteiger partial charge >= 0.3 is 12.8 Å². The van der Waals surface area contributed by atoms with E-state index in [0.29, 0.717) is 5.56 Å². The van der Waals surface area contributed by atoms with Crippen molar-refractivity contribution < 1.29 is 31.5 Å². The van der Waals surface area contributed by atoms with E-state index in [1.54, 1.807) is 0 Å². The van der Waals surface area contributed by atoms with Gasteiger partial charge < -0.3 is 15.4 Å². The van der Waals surface area contributed by atoms with Gasteiger partial charge in [0.15, 0.2) is 0 Å². The summed E-state index contributed by atoms with van der Waals surface area (Å²) in [5.74, 6) is -0.626. The third kappa shape index (κ3) is 8.08. The third-order valence-electron chi connectivity index (χ3n) is 2.25. The Kier molecular flexibility index (Phi) is 6.35. The quantitative estimate of drug-likeness (QED) is 0.758. The lowest BCUT2D eigenvalue weighted by Crippen LogP contribution is -2.37. The molecule has 0 radical (unpaired) electrons. The van der Waals surface area contributed by atoms with Crippen molar-refractivity contribution in [3.05, 3.63) is 29.8 Å². The highest BCUT2D eigenvalue weighted by molar-refractivity contribution is 5.77. The van der Waals surface area contributed by atoms with E-state index in [1.807, 2.05) is 5.32 Å². The lowest BCUT2D eigenvalue weighted by Gasteiger charge is -2.09. The van der Waals surface area contributed by atoms with Gasteiger partial charge in [-0.2, -0.15) is 22.0 Å². The monoisotopic (exact) mass is 312 g/mol. The Labute approximate surface area is 117 Å². The fraction of sp³-hybridized carbons (Fsp3) is 0.417. The maximum Gasteiger partial charge on any atom is 0.401 e. The summed E-state index contributed by atoms with van der Waals surface area (Å²) in [4.78, 5) is 11.2. The van der Waals surface area contributed by atoms with Crippen molar-refractivity contribution in [2.24, 2.45) is 0 Å². The lowest BCUT2D eigenvalue weighted by atomic mass is 10.2. The van der Waals surface area contributed by atoms with Crippen molar-refractivity contribution in [3.63, 3.8) is 0 Å². The Bertz CT molecular complexity index is 448. The summed E-state index contributed by atoms with van der Waals surface area (Å²) in [5, 5.41) is 4.34. The van der Waals surface area contributed by atoms with Gasteiger partial charge in [0.25, 0.3) is 0 Å². The van der Waals surface area contributed by atoms with Crippen LogP contribution in [-0.2, 0) is 11.3 Å². The van der Waals surface area contributed by atoms with Crippen LogP contribution >= 0.6 is 0 Å². The Morgan fingerprint density at radius 3 is 2.33 bits per heavy atom. The topological polar surface area (TPSA) is 50.4 Å². The highest BCUT2D eigenvalue weighted by Crippen LogP contribution is 2.14. The van der Waals surface area contributed by atoms with Crippen LogP contribution in [0.4, 0.5) is 22.0 Å². The molecule has 4 nitrogen and oxygen atoms in total. The van der Waals surface area contributed by atoms with E-state index in [4.69, 9.17) is 0 Å². The molecule has 0 aliphatic heterocycles. The smallest absolute Gasteiger partial charge is 0.401 e. The predicted molar refractivity (Wildman–Crippen MR) is 63.8 cm³/mol. The predicted octanol–water partition coefficient (Wildman–Crippen LogP) is 2.06. The van der Waals surface area contributed by atoms with Crippen LogP contribution in [0.2, 0.25) is 0 Å². The third-order valence-corrected chi connectivity index (χ3v) is 2.25. The number of alkyl halides is 5. The van der Waals surface area contributed by atoms with E-state index >= 15 is 0 Å². The number of hydrogen-bond donors (Lipinski definition) is 2. The van der Waals surface area contributed by atoms with Crippen LogP contribution in [0.25, 0.3) is 0 Å². The summed E-state index contributed by atoms with van der Waals surface area (Å²) in [7, 11) is 0. The van der Waals surface area contributed by atoms with Gasteiger partial charge in [0.1, 0.15) is 5.75 Å². The van der Waals surface area contributed by atoms with Crippen molar-refractivity contribution in [2.45, 2.75) is 19.3 Å². The average molecular weight is 312 g/mol.